The van der Waals surface area contributed by atoms with Gasteiger partial charge in [-0.25, -0.2) is 20.0 Å². The quantitative estimate of drug-likeness (QED) is 0.785. The molecule has 3 heterocycles. The zero-order valence-corrected chi connectivity index (χ0v) is 9.20. The third kappa shape index (κ3) is 2.29. The Morgan fingerprint density at radius 3 is 2.82 bits per heavy atom. The standard InChI is InChI=1S/C10H12N6O/c1-2-12-9-8(11-1)7-13-10(14-9)15-16-3-5-17-6-4-16/h1-2,7H,3-6H2,(H,12,13,14,15). The highest BCUT2D eigenvalue weighted by atomic mass is 16.5. The zero-order valence-electron chi connectivity index (χ0n) is 9.20. The molecule has 3 rings (SSSR count). The van der Waals surface area contributed by atoms with E-state index in [9.17, 15) is 0 Å². The van der Waals surface area contributed by atoms with Crippen LogP contribution in [0.3, 0.4) is 0 Å². The summed E-state index contributed by atoms with van der Waals surface area (Å²) in [5.74, 6) is 0.542. The van der Waals surface area contributed by atoms with Crippen molar-refractivity contribution in [3.05, 3.63) is 18.6 Å². The molecule has 2 aromatic heterocycles. The number of aromatic nitrogens is 4. The van der Waals surface area contributed by atoms with E-state index in [-0.39, 0.29) is 0 Å². The van der Waals surface area contributed by atoms with Crippen LogP contribution in [0, 0.1) is 0 Å². The number of nitrogens with zero attached hydrogens (tertiary/aromatic N) is 5. The van der Waals surface area contributed by atoms with Crippen LogP contribution >= 0.6 is 0 Å². The highest BCUT2D eigenvalue weighted by Crippen LogP contribution is 2.07. The SMILES string of the molecule is c1cnc2nc(NN3CCOCC3)ncc2n1. The lowest BCUT2D eigenvalue weighted by atomic mass is 10.5. The molecular weight excluding hydrogens is 220 g/mol. The second-order valence-corrected chi connectivity index (χ2v) is 3.67. The molecular formula is C10H12N6O. The van der Waals surface area contributed by atoms with Crippen molar-refractivity contribution < 1.29 is 4.74 Å². The molecule has 88 valence electrons. The van der Waals surface area contributed by atoms with E-state index in [1.54, 1.807) is 18.6 Å². The largest absolute Gasteiger partial charge is 0.379 e. The summed E-state index contributed by atoms with van der Waals surface area (Å²) in [4.78, 5) is 16.7. The summed E-state index contributed by atoms with van der Waals surface area (Å²) in [6, 6.07) is 0. The summed E-state index contributed by atoms with van der Waals surface area (Å²) < 4.78 is 5.26. The minimum atomic E-state index is 0.542. The Morgan fingerprint density at radius 2 is 1.94 bits per heavy atom. The molecule has 0 aliphatic carbocycles. The van der Waals surface area contributed by atoms with Crippen molar-refractivity contribution in [2.24, 2.45) is 0 Å². The summed E-state index contributed by atoms with van der Waals surface area (Å²) >= 11 is 0. The second-order valence-electron chi connectivity index (χ2n) is 3.67. The van der Waals surface area contributed by atoms with Crippen molar-refractivity contribution in [2.75, 3.05) is 31.7 Å². The fraction of sp³-hybridized carbons (Fsp3) is 0.400. The number of ether oxygens (including phenoxy) is 1. The van der Waals surface area contributed by atoms with Gasteiger partial charge >= 0.3 is 0 Å². The molecule has 0 amide bonds. The average molecular weight is 232 g/mol. The number of hydrogen-bond acceptors (Lipinski definition) is 7. The van der Waals surface area contributed by atoms with Crippen LogP contribution in [-0.4, -0.2) is 51.2 Å². The smallest absolute Gasteiger partial charge is 0.239 e. The fourth-order valence-corrected chi connectivity index (χ4v) is 1.64. The van der Waals surface area contributed by atoms with Crippen molar-refractivity contribution in [1.29, 1.82) is 0 Å². The Morgan fingerprint density at radius 1 is 1.12 bits per heavy atom. The number of hydrogen-bond donors (Lipinski definition) is 1. The minimum absolute atomic E-state index is 0.542. The molecule has 1 aliphatic rings. The molecule has 0 saturated carbocycles. The highest BCUT2D eigenvalue weighted by Gasteiger charge is 2.11. The summed E-state index contributed by atoms with van der Waals surface area (Å²) in [5.41, 5.74) is 4.43. The number of fused-ring (bicyclic) bond motifs is 1. The number of morpholine rings is 1. The molecule has 0 radical (unpaired) electrons. The van der Waals surface area contributed by atoms with Gasteiger partial charge < -0.3 is 4.74 Å². The van der Waals surface area contributed by atoms with E-state index in [4.69, 9.17) is 4.74 Å². The highest BCUT2D eigenvalue weighted by molar-refractivity contribution is 5.68. The van der Waals surface area contributed by atoms with Crippen molar-refractivity contribution in [3.63, 3.8) is 0 Å². The predicted octanol–water partition coefficient (Wildman–Crippen LogP) is 0.0789. The second kappa shape index (κ2) is 4.56. The Kier molecular flexibility index (Phi) is 2.76. The monoisotopic (exact) mass is 232 g/mol. The first-order valence-electron chi connectivity index (χ1n) is 5.45. The van der Waals surface area contributed by atoms with Gasteiger partial charge in [-0.2, -0.15) is 4.98 Å². The molecule has 0 spiro atoms. The van der Waals surface area contributed by atoms with Gasteiger partial charge in [0.1, 0.15) is 5.52 Å². The van der Waals surface area contributed by atoms with Crippen LogP contribution in [0.5, 0.6) is 0 Å². The lowest BCUT2D eigenvalue weighted by Crippen LogP contribution is -2.40. The third-order valence-corrected chi connectivity index (χ3v) is 2.50. The van der Waals surface area contributed by atoms with E-state index in [1.807, 2.05) is 5.01 Å². The van der Waals surface area contributed by atoms with Crippen molar-refractivity contribution >= 4 is 17.1 Å². The van der Waals surface area contributed by atoms with Gasteiger partial charge in [0.2, 0.25) is 5.95 Å². The maximum absolute atomic E-state index is 5.26. The first kappa shape index (κ1) is 10.3. The summed E-state index contributed by atoms with van der Waals surface area (Å²) in [6.45, 7) is 3.09. The van der Waals surface area contributed by atoms with Crippen molar-refractivity contribution in [3.8, 4) is 0 Å². The summed E-state index contributed by atoms with van der Waals surface area (Å²) in [6.07, 6.45) is 4.91. The number of hydrazine groups is 1. The van der Waals surface area contributed by atoms with E-state index < -0.39 is 0 Å². The zero-order chi connectivity index (χ0) is 11.5. The van der Waals surface area contributed by atoms with Crippen LogP contribution in [0.4, 0.5) is 5.95 Å². The maximum Gasteiger partial charge on any atom is 0.239 e. The van der Waals surface area contributed by atoms with Gasteiger partial charge in [-0.05, 0) is 0 Å². The first-order valence-corrected chi connectivity index (χ1v) is 5.45. The Balaban J connectivity index is 1.80. The summed E-state index contributed by atoms with van der Waals surface area (Å²) in [7, 11) is 0. The number of nitrogens with one attached hydrogen (secondary N) is 1. The van der Waals surface area contributed by atoms with Crippen molar-refractivity contribution in [2.45, 2.75) is 0 Å². The molecule has 0 unspecified atom stereocenters. The molecule has 1 fully saturated rings. The lowest BCUT2D eigenvalue weighted by molar-refractivity contribution is 0.0493. The van der Waals surface area contributed by atoms with Gasteiger partial charge in [-0.3, -0.25) is 5.43 Å². The van der Waals surface area contributed by atoms with E-state index in [0.717, 1.165) is 26.3 Å². The van der Waals surface area contributed by atoms with Gasteiger partial charge in [0.15, 0.2) is 5.65 Å². The summed E-state index contributed by atoms with van der Waals surface area (Å²) in [5, 5.41) is 2.03. The number of anilines is 1. The molecule has 17 heavy (non-hydrogen) atoms. The van der Waals surface area contributed by atoms with Gasteiger partial charge in [0.05, 0.1) is 19.4 Å². The number of rotatable bonds is 2. The first-order chi connectivity index (χ1) is 8.42. The van der Waals surface area contributed by atoms with Crippen LogP contribution in [0.25, 0.3) is 11.2 Å². The molecule has 0 aromatic carbocycles. The van der Waals surface area contributed by atoms with Crippen LogP contribution in [-0.2, 0) is 4.74 Å². The Bertz CT molecular complexity index is 513. The van der Waals surface area contributed by atoms with Gasteiger partial charge in [0, 0.05) is 25.5 Å². The van der Waals surface area contributed by atoms with E-state index >= 15 is 0 Å². The average Bonchev–Trinajstić information content (AvgIpc) is 2.40. The minimum Gasteiger partial charge on any atom is -0.379 e. The molecule has 1 N–H and O–H groups in total. The Labute approximate surface area is 97.8 Å². The van der Waals surface area contributed by atoms with E-state index in [2.05, 4.69) is 25.4 Å². The lowest BCUT2D eigenvalue weighted by Gasteiger charge is -2.26. The molecule has 1 aliphatic heterocycles. The normalized spacial score (nSPS) is 17.2. The van der Waals surface area contributed by atoms with E-state index in [0.29, 0.717) is 17.1 Å². The fourth-order valence-electron chi connectivity index (χ4n) is 1.64. The van der Waals surface area contributed by atoms with Gasteiger partial charge in [0.25, 0.3) is 0 Å². The molecule has 7 nitrogen and oxygen atoms in total. The third-order valence-electron chi connectivity index (χ3n) is 2.50. The van der Waals surface area contributed by atoms with Crippen LogP contribution in [0.1, 0.15) is 0 Å². The van der Waals surface area contributed by atoms with E-state index in [1.165, 1.54) is 0 Å². The van der Waals surface area contributed by atoms with Gasteiger partial charge in [-0.1, -0.05) is 0 Å². The van der Waals surface area contributed by atoms with Crippen molar-refractivity contribution in [1.82, 2.24) is 24.9 Å². The topological polar surface area (TPSA) is 76.1 Å². The van der Waals surface area contributed by atoms with Crippen LogP contribution in [0.2, 0.25) is 0 Å². The molecule has 0 bridgehead atoms. The molecule has 1 saturated heterocycles. The van der Waals surface area contributed by atoms with Gasteiger partial charge in [-0.15, -0.1) is 0 Å². The van der Waals surface area contributed by atoms with Crippen LogP contribution in [0.15, 0.2) is 18.6 Å². The Hall–Kier alpha value is -1.86. The molecule has 2 aromatic rings. The molecule has 0 atom stereocenters. The van der Waals surface area contributed by atoms with Crippen LogP contribution < -0.4 is 5.43 Å². The molecule has 7 heteroatoms. The maximum atomic E-state index is 5.26. The predicted molar refractivity (Wildman–Crippen MR) is 61.1 cm³/mol.